The molecule has 0 saturated carbocycles. The summed E-state index contributed by atoms with van der Waals surface area (Å²) in [5, 5.41) is 5.94. The molecular weight excluding hydrogens is 394 g/mol. The summed E-state index contributed by atoms with van der Waals surface area (Å²) >= 11 is 0. The zero-order valence-corrected chi connectivity index (χ0v) is 18.4. The Labute approximate surface area is 183 Å². The number of amides is 3. The van der Waals surface area contributed by atoms with Gasteiger partial charge < -0.3 is 25.0 Å². The molecule has 1 aliphatic heterocycles. The summed E-state index contributed by atoms with van der Waals surface area (Å²) in [6.07, 6.45) is 2.77. The number of hydrogen-bond acceptors (Lipinski definition) is 4. The van der Waals surface area contributed by atoms with Crippen molar-refractivity contribution in [1.82, 2.24) is 10.2 Å². The SMILES string of the molecule is COc1ccc(C(=O)NCCC2CCN(C(=O)Nc3ccc(C)cc3)CC2)cc1OC. The quantitative estimate of drug-likeness (QED) is 0.701. The average Bonchev–Trinajstić information content (AvgIpc) is 2.80. The van der Waals surface area contributed by atoms with Gasteiger partial charge in [-0.15, -0.1) is 0 Å². The van der Waals surface area contributed by atoms with Gasteiger partial charge in [-0.2, -0.15) is 0 Å². The normalized spacial score (nSPS) is 14.1. The number of nitrogens with one attached hydrogen (secondary N) is 2. The summed E-state index contributed by atoms with van der Waals surface area (Å²) in [5.74, 6) is 1.49. The van der Waals surface area contributed by atoms with Crippen LogP contribution in [0, 0.1) is 12.8 Å². The second-order valence-electron chi connectivity index (χ2n) is 7.84. The van der Waals surface area contributed by atoms with Crippen LogP contribution in [0.1, 0.15) is 35.2 Å². The van der Waals surface area contributed by atoms with Crippen molar-refractivity contribution >= 4 is 17.6 Å². The van der Waals surface area contributed by atoms with Crippen molar-refractivity contribution < 1.29 is 19.1 Å². The Bertz CT molecular complexity index is 890. The maximum absolute atomic E-state index is 12.5. The lowest BCUT2D eigenvalue weighted by molar-refractivity contribution is 0.0949. The second kappa shape index (κ2) is 10.7. The van der Waals surface area contributed by atoms with Crippen LogP contribution in [-0.4, -0.2) is 50.7 Å². The number of benzene rings is 2. The highest BCUT2D eigenvalue weighted by Gasteiger charge is 2.23. The molecule has 1 heterocycles. The van der Waals surface area contributed by atoms with Gasteiger partial charge in [0.2, 0.25) is 0 Å². The topological polar surface area (TPSA) is 79.9 Å². The molecule has 2 aromatic rings. The zero-order valence-electron chi connectivity index (χ0n) is 18.4. The molecule has 0 atom stereocenters. The van der Waals surface area contributed by atoms with E-state index >= 15 is 0 Å². The lowest BCUT2D eigenvalue weighted by Gasteiger charge is -2.32. The number of carbonyl (C=O) groups is 2. The fourth-order valence-electron chi connectivity index (χ4n) is 3.73. The highest BCUT2D eigenvalue weighted by Crippen LogP contribution is 2.27. The van der Waals surface area contributed by atoms with Crippen LogP contribution < -0.4 is 20.1 Å². The van der Waals surface area contributed by atoms with E-state index in [4.69, 9.17) is 9.47 Å². The van der Waals surface area contributed by atoms with Crippen LogP contribution in [0.2, 0.25) is 0 Å². The summed E-state index contributed by atoms with van der Waals surface area (Å²) in [5.41, 5.74) is 2.52. The van der Waals surface area contributed by atoms with Crippen molar-refractivity contribution in [1.29, 1.82) is 0 Å². The Kier molecular flexibility index (Phi) is 7.76. The van der Waals surface area contributed by atoms with Gasteiger partial charge >= 0.3 is 6.03 Å². The fraction of sp³-hybridized carbons (Fsp3) is 0.417. The predicted molar refractivity (Wildman–Crippen MR) is 121 cm³/mol. The largest absolute Gasteiger partial charge is 0.493 e. The number of aryl methyl sites for hydroxylation is 1. The molecule has 0 aliphatic carbocycles. The zero-order chi connectivity index (χ0) is 22.2. The predicted octanol–water partition coefficient (Wildman–Crippen LogP) is 4.08. The van der Waals surface area contributed by atoms with E-state index in [-0.39, 0.29) is 11.9 Å². The van der Waals surface area contributed by atoms with Gasteiger partial charge in [0.25, 0.3) is 5.91 Å². The first kappa shape index (κ1) is 22.5. The van der Waals surface area contributed by atoms with E-state index in [0.717, 1.165) is 43.6 Å². The monoisotopic (exact) mass is 425 g/mol. The number of carbonyl (C=O) groups excluding carboxylic acids is 2. The second-order valence-corrected chi connectivity index (χ2v) is 7.84. The van der Waals surface area contributed by atoms with E-state index in [1.54, 1.807) is 32.4 Å². The highest BCUT2D eigenvalue weighted by molar-refractivity contribution is 5.94. The third-order valence-corrected chi connectivity index (χ3v) is 5.69. The molecule has 166 valence electrons. The number of urea groups is 1. The van der Waals surface area contributed by atoms with E-state index in [1.165, 1.54) is 0 Å². The van der Waals surface area contributed by atoms with Crippen LogP contribution in [0.25, 0.3) is 0 Å². The van der Waals surface area contributed by atoms with Gasteiger partial charge in [0.15, 0.2) is 11.5 Å². The first-order valence-electron chi connectivity index (χ1n) is 10.6. The van der Waals surface area contributed by atoms with Crippen molar-refractivity contribution in [2.45, 2.75) is 26.2 Å². The number of likely N-dealkylation sites (tertiary alicyclic amines) is 1. The Morgan fingerprint density at radius 3 is 2.32 bits per heavy atom. The molecule has 1 aliphatic rings. The summed E-state index contributed by atoms with van der Waals surface area (Å²) in [6, 6.07) is 12.9. The van der Waals surface area contributed by atoms with Crippen molar-refractivity contribution in [3.63, 3.8) is 0 Å². The van der Waals surface area contributed by atoms with Crippen LogP contribution in [-0.2, 0) is 0 Å². The Balaban J connectivity index is 1.39. The van der Waals surface area contributed by atoms with Crippen molar-refractivity contribution in [3.05, 3.63) is 53.6 Å². The Hall–Kier alpha value is -3.22. The number of piperidine rings is 1. The maximum Gasteiger partial charge on any atom is 0.321 e. The summed E-state index contributed by atoms with van der Waals surface area (Å²) < 4.78 is 10.5. The van der Waals surface area contributed by atoms with E-state index in [2.05, 4.69) is 10.6 Å². The molecule has 3 amide bonds. The standard InChI is InChI=1S/C24H31N3O4/c1-17-4-7-20(8-5-17)26-24(29)27-14-11-18(12-15-27)10-13-25-23(28)19-6-9-21(30-2)22(16-19)31-3/h4-9,16,18H,10-15H2,1-3H3,(H,25,28)(H,26,29). The molecule has 1 saturated heterocycles. The number of hydrogen-bond donors (Lipinski definition) is 2. The number of anilines is 1. The lowest BCUT2D eigenvalue weighted by atomic mass is 9.93. The molecule has 2 N–H and O–H groups in total. The molecule has 3 rings (SSSR count). The van der Waals surface area contributed by atoms with Crippen molar-refractivity contribution in [2.24, 2.45) is 5.92 Å². The average molecular weight is 426 g/mol. The molecule has 0 unspecified atom stereocenters. The number of methoxy groups -OCH3 is 2. The van der Waals surface area contributed by atoms with E-state index < -0.39 is 0 Å². The number of rotatable bonds is 7. The fourth-order valence-corrected chi connectivity index (χ4v) is 3.73. The van der Waals surface area contributed by atoms with Crippen LogP contribution in [0.15, 0.2) is 42.5 Å². The van der Waals surface area contributed by atoms with Crippen molar-refractivity contribution in [2.75, 3.05) is 39.2 Å². The summed E-state index contributed by atoms with van der Waals surface area (Å²) in [7, 11) is 3.11. The van der Waals surface area contributed by atoms with Crippen LogP contribution in [0.4, 0.5) is 10.5 Å². The number of ether oxygens (including phenoxy) is 2. The number of nitrogens with zero attached hydrogens (tertiary/aromatic N) is 1. The molecule has 0 aromatic heterocycles. The third kappa shape index (κ3) is 6.13. The Morgan fingerprint density at radius 2 is 1.68 bits per heavy atom. The van der Waals surface area contributed by atoms with Gasteiger partial charge in [0.1, 0.15) is 0 Å². The minimum atomic E-state index is -0.129. The van der Waals surface area contributed by atoms with E-state index in [0.29, 0.717) is 29.5 Å². The Morgan fingerprint density at radius 1 is 1.00 bits per heavy atom. The van der Waals surface area contributed by atoms with Gasteiger partial charge in [0.05, 0.1) is 14.2 Å². The third-order valence-electron chi connectivity index (χ3n) is 5.69. The molecule has 0 radical (unpaired) electrons. The van der Waals surface area contributed by atoms with E-state index in [1.807, 2.05) is 36.1 Å². The smallest absolute Gasteiger partial charge is 0.321 e. The minimum absolute atomic E-state index is 0.0518. The molecular formula is C24H31N3O4. The van der Waals surface area contributed by atoms with Gasteiger partial charge in [-0.25, -0.2) is 4.79 Å². The summed E-state index contributed by atoms with van der Waals surface area (Å²) in [4.78, 5) is 26.7. The van der Waals surface area contributed by atoms with Crippen molar-refractivity contribution in [3.8, 4) is 11.5 Å². The van der Waals surface area contributed by atoms with E-state index in [9.17, 15) is 9.59 Å². The highest BCUT2D eigenvalue weighted by atomic mass is 16.5. The molecule has 7 nitrogen and oxygen atoms in total. The summed E-state index contributed by atoms with van der Waals surface area (Å²) in [6.45, 7) is 4.08. The molecule has 1 fully saturated rings. The minimum Gasteiger partial charge on any atom is -0.493 e. The lowest BCUT2D eigenvalue weighted by Crippen LogP contribution is -2.41. The molecule has 0 bridgehead atoms. The van der Waals surface area contributed by atoms with Gasteiger partial charge in [0, 0.05) is 30.9 Å². The van der Waals surface area contributed by atoms with Gasteiger partial charge in [-0.3, -0.25) is 4.79 Å². The molecule has 7 heteroatoms. The van der Waals surface area contributed by atoms with Crippen LogP contribution in [0.3, 0.4) is 0 Å². The first-order chi connectivity index (χ1) is 15.0. The molecule has 31 heavy (non-hydrogen) atoms. The molecule has 2 aromatic carbocycles. The maximum atomic E-state index is 12.5. The van der Waals surface area contributed by atoms with Gasteiger partial charge in [-0.1, -0.05) is 17.7 Å². The van der Waals surface area contributed by atoms with Crippen LogP contribution >= 0.6 is 0 Å². The van der Waals surface area contributed by atoms with Gasteiger partial charge in [-0.05, 0) is 62.4 Å². The first-order valence-corrected chi connectivity index (χ1v) is 10.6. The molecule has 0 spiro atoms. The van der Waals surface area contributed by atoms with Crippen LogP contribution in [0.5, 0.6) is 11.5 Å².